The van der Waals surface area contributed by atoms with Crippen molar-refractivity contribution in [1.29, 1.82) is 0 Å². The summed E-state index contributed by atoms with van der Waals surface area (Å²) in [7, 11) is 0. The third-order valence-corrected chi connectivity index (χ3v) is 3.12. The van der Waals surface area contributed by atoms with Crippen LogP contribution in [0, 0.1) is 0 Å². The first-order valence-corrected chi connectivity index (χ1v) is 6.93. The Bertz CT molecular complexity index is 562. The molecule has 2 amide bonds. The number of benzene rings is 1. The molecule has 0 aliphatic rings. The van der Waals surface area contributed by atoms with Gasteiger partial charge in [-0.25, -0.2) is 9.78 Å². The van der Waals surface area contributed by atoms with Gasteiger partial charge in [0.25, 0.3) is 0 Å². The zero-order valence-corrected chi connectivity index (χ0v) is 12.3. The minimum Gasteiger partial charge on any atom is -0.335 e. The molecule has 0 aliphatic carbocycles. The van der Waals surface area contributed by atoms with Crippen LogP contribution in [0.4, 0.5) is 10.5 Å². The Morgan fingerprint density at radius 3 is 2.62 bits per heavy atom. The van der Waals surface area contributed by atoms with Crippen molar-refractivity contribution < 1.29 is 4.79 Å². The van der Waals surface area contributed by atoms with E-state index in [1.54, 1.807) is 12.5 Å². The molecule has 2 aromatic rings. The molecule has 0 saturated carbocycles. The standard InChI is InChI=1S/C15H21N5O/c1-11(9-20-8-7-17-10-20)18-15(21)19-14-5-3-13(4-6-14)12(2)16/h3-8,10-12H,9,16H2,1-2H3,(H2,18,19,21). The van der Waals surface area contributed by atoms with Crippen molar-refractivity contribution in [2.75, 3.05) is 5.32 Å². The fourth-order valence-electron chi connectivity index (χ4n) is 2.02. The molecule has 1 aromatic carbocycles. The maximum Gasteiger partial charge on any atom is 0.319 e. The summed E-state index contributed by atoms with van der Waals surface area (Å²) in [5.74, 6) is 0. The Balaban J connectivity index is 1.83. The van der Waals surface area contributed by atoms with Gasteiger partial charge in [0.15, 0.2) is 0 Å². The van der Waals surface area contributed by atoms with Gasteiger partial charge in [0.1, 0.15) is 0 Å². The number of hydrogen-bond donors (Lipinski definition) is 3. The maximum atomic E-state index is 11.9. The number of rotatable bonds is 5. The quantitative estimate of drug-likeness (QED) is 0.787. The van der Waals surface area contributed by atoms with Crippen LogP contribution >= 0.6 is 0 Å². The van der Waals surface area contributed by atoms with Crippen LogP contribution in [0.3, 0.4) is 0 Å². The Morgan fingerprint density at radius 1 is 1.33 bits per heavy atom. The first kappa shape index (κ1) is 15.1. The van der Waals surface area contributed by atoms with E-state index in [1.807, 2.05) is 48.9 Å². The highest BCUT2D eigenvalue weighted by Crippen LogP contribution is 2.14. The molecule has 2 atom stereocenters. The largest absolute Gasteiger partial charge is 0.335 e. The highest BCUT2D eigenvalue weighted by Gasteiger charge is 2.08. The number of carbonyl (C=O) groups is 1. The molecule has 0 spiro atoms. The number of carbonyl (C=O) groups excluding carboxylic acids is 1. The zero-order valence-electron chi connectivity index (χ0n) is 12.3. The third-order valence-electron chi connectivity index (χ3n) is 3.12. The predicted molar refractivity (Wildman–Crippen MR) is 82.9 cm³/mol. The Labute approximate surface area is 124 Å². The van der Waals surface area contributed by atoms with Gasteiger partial charge in [-0.05, 0) is 31.5 Å². The lowest BCUT2D eigenvalue weighted by molar-refractivity contribution is 0.248. The minimum absolute atomic E-state index is 0.00235. The average Bonchev–Trinajstić information content (AvgIpc) is 2.91. The van der Waals surface area contributed by atoms with Crippen LogP contribution in [0.25, 0.3) is 0 Å². The summed E-state index contributed by atoms with van der Waals surface area (Å²) in [5.41, 5.74) is 7.57. The summed E-state index contributed by atoms with van der Waals surface area (Å²) in [4.78, 5) is 15.9. The van der Waals surface area contributed by atoms with Crippen molar-refractivity contribution >= 4 is 11.7 Å². The molecule has 2 rings (SSSR count). The summed E-state index contributed by atoms with van der Waals surface area (Å²) in [6.07, 6.45) is 5.30. The van der Waals surface area contributed by atoms with E-state index in [0.29, 0.717) is 6.54 Å². The molecule has 2 unspecified atom stereocenters. The topological polar surface area (TPSA) is 85.0 Å². The van der Waals surface area contributed by atoms with Gasteiger partial charge in [-0.3, -0.25) is 0 Å². The van der Waals surface area contributed by atoms with Gasteiger partial charge in [0.2, 0.25) is 0 Å². The van der Waals surface area contributed by atoms with E-state index in [9.17, 15) is 4.79 Å². The molecule has 0 bridgehead atoms. The van der Waals surface area contributed by atoms with E-state index in [1.165, 1.54) is 0 Å². The second kappa shape index (κ2) is 6.90. The smallest absolute Gasteiger partial charge is 0.319 e. The van der Waals surface area contributed by atoms with E-state index in [4.69, 9.17) is 5.73 Å². The van der Waals surface area contributed by atoms with E-state index in [0.717, 1.165) is 11.3 Å². The van der Waals surface area contributed by atoms with Crippen molar-refractivity contribution in [3.8, 4) is 0 Å². The first-order valence-electron chi connectivity index (χ1n) is 6.93. The SMILES string of the molecule is CC(Cn1ccnc1)NC(=O)Nc1ccc(C(C)N)cc1. The van der Waals surface area contributed by atoms with Crippen molar-refractivity contribution in [2.24, 2.45) is 5.73 Å². The minimum atomic E-state index is -0.226. The molecule has 1 heterocycles. The van der Waals surface area contributed by atoms with Gasteiger partial charge >= 0.3 is 6.03 Å². The monoisotopic (exact) mass is 287 g/mol. The third kappa shape index (κ3) is 4.61. The van der Waals surface area contributed by atoms with E-state index in [2.05, 4.69) is 15.6 Å². The lowest BCUT2D eigenvalue weighted by Gasteiger charge is -2.15. The number of nitrogens with one attached hydrogen (secondary N) is 2. The molecule has 6 nitrogen and oxygen atoms in total. The molecular formula is C15H21N5O. The summed E-state index contributed by atoms with van der Waals surface area (Å²) in [6, 6.07) is 7.28. The molecule has 0 radical (unpaired) electrons. The lowest BCUT2D eigenvalue weighted by atomic mass is 10.1. The number of amides is 2. The molecule has 0 fully saturated rings. The Kier molecular flexibility index (Phi) is 4.94. The second-order valence-electron chi connectivity index (χ2n) is 5.17. The first-order chi connectivity index (χ1) is 10.0. The van der Waals surface area contributed by atoms with Crippen LogP contribution in [0.15, 0.2) is 43.0 Å². The number of urea groups is 1. The van der Waals surface area contributed by atoms with Gasteiger partial charge in [-0.2, -0.15) is 0 Å². The molecule has 112 valence electrons. The van der Waals surface area contributed by atoms with Crippen LogP contribution in [0.1, 0.15) is 25.5 Å². The predicted octanol–water partition coefficient (Wildman–Crippen LogP) is 2.11. The van der Waals surface area contributed by atoms with Gasteiger partial charge in [0, 0.05) is 36.7 Å². The molecular weight excluding hydrogens is 266 g/mol. The van der Waals surface area contributed by atoms with Crippen LogP contribution in [-0.4, -0.2) is 21.6 Å². The summed E-state index contributed by atoms with van der Waals surface area (Å²) in [5, 5.41) is 5.68. The maximum absolute atomic E-state index is 11.9. The summed E-state index contributed by atoms with van der Waals surface area (Å²) in [6.45, 7) is 4.54. The number of nitrogens with zero attached hydrogens (tertiary/aromatic N) is 2. The van der Waals surface area contributed by atoms with Crippen molar-refractivity contribution in [1.82, 2.24) is 14.9 Å². The average molecular weight is 287 g/mol. The number of imidazole rings is 1. The number of hydrogen-bond acceptors (Lipinski definition) is 3. The van der Waals surface area contributed by atoms with Crippen molar-refractivity contribution in [2.45, 2.75) is 32.5 Å². The zero-order chi connectivity index (χ0) is 15.2. The summed E-state index contributed by atoms with van der Waals surface area (Å²) >= 11 is 0. The van der Waals surface area contributed by atoms with Crippen LogP contribution < -0.4 is 16.4 Å². The highest BCUT2D eigenvalue weighted by molar-refractivity contribution is 5.89. The van der Waals surface area contributed by atoms with Crippen molar-refractivity contribution in [3.05, 3.63) is 48.5 Å². The fourth-order valence-corrected chi connectivity index (χ4v) is 2.02. The van der Waals surface area contributed by atoms with Gasteiger partial charge < -0.3 is 20.9 Å². The van der Waals surface area contributed by atoms with Crippen LogP contribution in [0.5, 0.6) is 0 Å². The molecule has 6 heteroatoms. The molecule has 0 saturated heterocycles. The second-order valence-corrected chi connectivity index (χ2v) is 5.17. The van der Waals surface area contributed by atoms with Crippen LogP contribution in [-0.2, 0) is 6.54 Å². The van der Waals surface area contributed by atoms with Crippen molar-refractivity contribution in [3.63, 3.8) is 0 Å². The number of anilines is 1. The summed E-state index contributed by atoms with van der Waals surface area (Å²) < 4.78 is 1.92. The molecule has 1 aromatic heterocycles. The normalized spacial score (nSPS) is 13.5. The van der Waals surface area contributed by atoms with E-state index in [-0.39, 0.29) is 18.1 Å². The molecule has 0 aliphatic heterocycles. The highest BCUT2D eigenvalue weighted by atomic mass is 16.2. The van der Waals surface area contributed by atoms with Gasteiger partial charge in [0.05, 0.1) is 6.33 Å². The van der Waals surface area contributed by atoms with Gasteiger partial charge in [-0.1, -0.05) is 12.1 Å². The lowest BCUT2D eigenvalue weighted by Crippen LogP contribution is -2.38. The molecule has 21 heavy (non-hydrogen) atoms. The fraction of sp³-hybridized carbons (Fsp3) is 0.333. The number of aromatic nitrogens is 2. The Morgan fingerprint density at radius 2 is 2.05 bits per heavy atom. The molecule has 4 N–H and O–H groups in total. The van der Waals surface area contributed by atoms with Crippen LogP contribution in [0.2, 0.25) is 0 Å². The van der Waals surface area contributed by atoms with E-state index >= 15 is 0 Å². The number of nitrogens with two attached hydrogens (primary N) is 1. The van der Waals surface area contributed by atoms with E-state index < -0.39 is 0 Å². The Hall–Kier alpha value is -2.34. The van der Waals surface area contributed by atoms with Gasteiger partial charge in [-0.15, -0.1) is 0 Å².